The van der Waals surface area contributed by atoms with E-state index in [0.717, 1.165) is 5.41 Å². The quantitative estimate of drug-likeness (QED) is 0.818. The van der Waals surface area contributed by atoms with Crippen molar-refractivity contribution in [1.82, 2.24) is 0 Å². The van der Waals surface area contributed by atoms with Crippen LogP contribution in [-0.2, 0) is 21.1 Å². The number of carbonyl (C=O) groups is 1. The first kappa shape index (κ1) is 17.6. The van der Waals surface area contributed by atoms with Crippen molar-refractivity contribution in [2.45, 2.75) is 12.5 Å². The molecule has 3 rings (SSSR count). The fraction of sp³-hybridized carbons (Fsp3) is 0.167. The van der Waals surface area contributed by atoms with E-state index in [1.807, 2.05) is 0 Å². The summed E-state index contributed by atoms with van der Waals surface area (Å²) in [4.78, 5) is 14.3. The molecule has 1 atom stereocenters. The van der Waals surface area contributed by atoms with Gasteiger partial charge in [-0.25, -0.2) is 12.8 Å². The second-order valence-corrected chi connectivity index (χ2v) is 8.14. The Morgan fingerprint density at radius 1 is 1.12 bits per heavy atom. The van der Waals surface area contributed by atoms with E-state index in [9.17, 15) is 17.6 Å². The molecule has 0 unspecified atom stereocenters. The van der Waals surface area contributed by atoms with E-state index in [1.54, 1.807) is 24.3 Å². The van der Waals surface area contributed by atoms with E-state index in [0.29, 0.717) is 16.3 Å². The van der Waals surface area contributed by atoms with E-state index in [-0.39, 0.29) is 23.9 Å². The summed E-state index contributed by atoms with van der Waals surface area (Å²) in [5.74, 6) is -0.818. The van der Waals surface area contributed by atoms with Gasteiger partial charge in [0.2, 0.25) is 5.91 Å². The maximum atomic E-state index is 13.0. The summed E-state index contributed by atoms with van der Waals surface area (Å²) in [5.41, 5.74) is 1.21. The van der Waals surface area contributed by atoms with Crippen LogP contribution in [0.15, 0.2) is 60.0 Å². The lowest BCUT2D eigenvalue weighted by atomic mass is 10.1. The van der Waals surface area contributed by atoms with Gasteiger partial charge in [0, 0.05) is 16.1 Å². The smallest absolute Gasteiger partial charge is 0.231 e. The van der Waals surface area contributed by atoms with Crippen molar-refractivity contribution in [2.24, 2.45) is 0 Å². The highest BCUT2D eigenvalue weighted by Crippen LogP contribution is 2.25. The van der Waals surface area contributed by atoms with Gasteiger partial charge in [-0.2, -0.15) is 0 Å². The molecule has 1 amide bonds. The van der Waals surface area contributed by atoms with Gasteiger partial charge >= 0.3 is 0 Å². The molecule has 0 saturated heterocycles. The Labute approximate surface area is 150 Å². The SMILES string of the molecule is O=C(Cc1ccc(F)cc1)N(c1ccc(Cl)cc1)[C@@H]1C=CS(=O)(=O)C1. The molecule has 0 aliphatic carbocycles. The van der Waals surface area contributed by atoms with Crippen molar-refractivity contribution < 1.29 is 17.6 Å². The summed E-state index contributed by atoms with van der Waals surface area (Å²) in [6, 6.07) is 11.7. The Kier molecular flexibility index (Phi) is 4.92. The number of carbonyl (C=O) groups excluding carboxylic acids is 1. The minimum Gasteiger partial charge on any atom is -0.304 e. The summed E-state index contributed by atoms with van der Waals surface area (Å²) >= 11 is 5.90. The van der Waals surface area contributed by atoms with Gasteiger partial charge in [0.05, 0.1) is 18.2 Å². The molecule has 25 heavy (non-hydrogen) atoms. The second kappa shape index (κ2) is 6.98. The van der Waals surface area contributed by atoms with Crippen molar-refractivity contribution in [3.63, 3.8) is 0 Å². The molecule has 2 aromatic rings. The third kappa shape index (κ3) is 4.27. The van der Waals surface area contributed by atoms with Gasteiger partial charge in [0.15, 0.2) is 9.84 Å². The average molecular weight is 380 g/mol. The lowest BCUT2D eigenvalue weighted by Crippen LogP contribution is -2.42. The van der Waals surface area contributed by atoms with Crippen molar-refractivity contribution in [2.75, 3.05) is 10.7 Å². The topological polar surface area (TPSA) is 54.5 Å². The van der Waals surface area contributed by atoms with Crippen LogP contribution in [0.3, 0.4) is 0 Å². The van der Waals surface area contributed by atoms with E-state index >= 15 is 0 Å². The Morgan fingerprint density at radius 3 is 2.32 bits per heavy atom. The van der Waals surface area contributed by atoms with Gasteiger partial charge in [-0.15, -0.1) is 0 Å². The van der Waals surface area contributed by atoms with Crippen molar-refractivity contribution in [3.05, 3.63) is 76.4 Å². The average Bonchev–Trinajstić information content (AvgIpc) is 2.91. The number of hydrogen-bond donors (Lipinski definition) is 0. The monoisotopic (exact) mass is 379 g/mol. The summed E-state index contributed by atoms with van der Waals surface area (Å²) < 4.78 is 36.6. The number of amides is 1. The Morgan fingerprint density at radius 2 is 1.76 bits per heavy atom. The fourth-order valence-corrected chi connectivity index (χ4v) is 4.10. The van der Waals surface area contributed by atoms with Gasteiger partial charge in [-0.3, -0.25) is 4.79 Å². The van der Waals surface area contributed by atoms with Gasteiger partial charge in [-0.05, 0) is 48.0 Å². The van der Waals surface area contributed by atoms with Crippen LogP contribution >= 0.6 is 11.6 Å². The molecule has 2 aromatic carbocycles. The van der Waals surface area contributed by atoms with Crippen LogP contribution in [0.25, 0.3) is 0 Å². The van der Waals surface area contributed by atoms with Crippen molar-refractivity contribution in [3.8, 4) is 0 Å². The summed E-state index contributed by atoms with van der Waals surface area (Å²) in [5, 5.41) is 1.65. The number of benzene rings is 2. The van der Waals surface area contributed by atoms with Crippen LogP contribution in [0.4, 0.5) is 10.1 Å². The number of anilines is 1. The number of rotatable bonds is 4. The minimum atomic E-state index is -3.32. The molecule has 0 aromatic heterocycles. The molecule has 1 aliphatic rings. The third-order valence-corrected chi connectivity index (χ3v) is 5.51. The van der Waals surface area contributed by atoms with Crippen LogP contribution < -0.4 is 4.90 Å². The largest absolute Gasteiger partial charge is 0.304 e. The van der Waals surface area contributed by atoms with Crippen LogP contribution in [0.2, 0.25) is 5.02 Å². The minimum absolute atomic E-state index is 0.0350. The van der Waals surface area contributed by atoms with Gasteiger partial charge in [0.25, 0.3) is 0 Å². The maximum Gasteiger partial charge on any atom is 0.231 e. The van der Waals surface area contributed by atoms with Crippen molar-refractivity contribution >= 4 is 33.0 Å². The molecule has 130 valence electrons. The first-order valence-corrected chi connectivity index (χ1v) is 9.66. The lowest BCUT2D eigenvalue weighted by Gasteiger charge is -2.28. The third-order valence-electron chi connectivity index (χ3n) is 3.88. The first-order chi connectivity index (χ1) is 11.8. The van der Waals surface area contributed by atoms with E-state index < -0.39 is 15.9 Å². The molecule has 1 heterocycles. The highest BCUT2D eigenvalue weighted by Gasteiger charge is 2.31. The molecule has 0 radical (unpaired) electrons. The zero-order valence-corrected chi connectivity index (χ0v) is 14.7. The van der Waals surface area contributed by atoms with Crippen LogP contribution in [0, 0.1) is 5.82 Å². The van der Waals surface area contributed by atoms with Gasteiger partial charge in [-0.1, -0.05) is 23.7 Å². The fourth-order valence-electron chi connectivity index (χ4n) is 2.70. The highest BCUT2D eigenvalue weighted by atomic mass is 35.5. The predicted octanol–water partition coefficient (Wildman–Crippen LogP) is 3.37. The van der Waals surface area contributed by atoms with Gasteiger partial charge < -0.3 is 4.90 Å². The molecule has 0 saturated carbocycles. The molecular formula is C18H15ClFNO3S. The molecule has 0 spiro atoms. The molecule has 0 N–H and O–H groups in total. The van der Waals surface area contributed by atoms with Crippen LogP contribution in [0.5, 0.6) is 0 Å². The number of sulfone groups is 1. The van der Waals surface area contributed by atoms with E-state index in [2.05, 4.69) is 0 Å². The summed E-state index contributed by atoms with van der Waals surface area (Å²) in [6.07, 6.45) is 1.54. The Bertz CT molecular complexity index is 908. The summed E-state index contributed by atoms with van der Waals surface area (Å²) in [6.45, 7) is 0. The van der Waals surface area contributed by atoms with Crippen LogP contribution in [0.1, 0.15) is 5.56 Å². The van der Waals surface area contributed by atoms with E-state index in [4.69, 9.17) is 11.6 Å². The summed E-state index contributed by atoms with van der Waals surface area (Å²) in [7, 11) is -3.32. The lowest BCUT2D eigenvalue weighted by molar-refractivity contribution is -0.118. The number of hydrogen-bond acceptors (Lipinski definition) is 3. The zero-order chi connectivity index (χ0) is 18.0. The van der Waals surface area contributed by atoms with Crippen molar-refractivity contribution in [1.29, 1.82) is 0 Å². The molecule has 0 fully saturated rings. The standard InChI is InChI=1S/C18H15ClFNO3S/c19-14-3-7-16(8-4-14)21(17-9-10-25(23,24)12-17)18(22)11-13-1-5-15(20)6-2-13/h1-10,17H,11-12H2/t17-/m1/s1. The van der Waals surface area contributed by atoms with E-state index in [1.165, 1.54) is 35.2 Å². The normalized spacial score (nSPS) is 18.2. The Balaban J connectivity index is 1.90. The zero-order valence-electron chi connectivity index (χ0n) is 13.1. The molecule has 0 bridgehead atoms. The second-order valence-electron chi connectivity index (χ2n) is 5.77. The van der Waals surface area contributed by atoms with Gasteiger partial charge in [0.1, 0.15) is 5.82 Å². The Hall–Kier alpha value is -2.18. The highest BCUT2D eigenvalue weighted by molar-refractivity contribution is 7.94. The molecule has 4 nitrogen and oxygen atoms in total. The number of nitrogens with zero attached hydrogens (tertiary/aromatic N) is 1. The molecule has 1 aliphatic heterocycles. The first-order valence-electron chi connectivity index (χ1n) is 7.57. The predicted molar refractivity (Wildman–Crippen MR) is 95.8 cm³/mol. The van der Waals surface area contributed by atoms with Crippen LogP contribution in [-0.4, -0.2) is 26.1 Å². The maximum absolute atomic E-state index is 13.0. The molecule has 7 heteroatoms. The molecular weight excluding hydrogens is 365 g/mol. The number of halogens is 2.